The average Bonchev–Trinajstić information content (AvgIpc) is 2.88. The lowest BCUT2D eigenvalue weighted by Crippen LogP contribution is -2.49. The monoisotopic (exact) mass is 505 g/mol. The molecule has 0 saturated carbocycles. The van der Waals surface area contributed by atoms with E-state index in [0.717, 1.165) is 24.3 Å². The summed E-state index contributed by atoms with van der Waals surface area (Å²) < 4.78 is 0. The molecule has 2 saturated heterocycles. The Bertz CT molecular complexity index is 1100. The zero-order valence-electron chi connectivity index (χ0n) is 22.3. The minimum atomic E-state index is -0.127. The van der Waals surface area contributed by atoms with E-state index in [2.05, 4.69) is 36.3 Å². The molecule has 2 fully saturated rings. The Morgan fingerprint density at radius 2 is 1.54 bits per heavy atom. The van der Waals surface area contributed by atoms with Gasteiger partial charge in [-0.2, -0.15) is 0 Å². The topological polar surface area (TPSA) is 85.0 Å². The second-order valence-electron chi connectivity index (χ2n) is 11.1. The van der Waals surface area contributed by atoms with Crippen molar-refractivity contribution in [3.05, 3.63) is 59.7 Å². The van der Waals surface area contributed by atoms with Crippen LogP contribution in [0.25, 0.3) is 0 Å². The fraction of sp³-hybridized carbons (Fsp3) is 0.483. The maximum atomic E-state index is 13.2. The number of amides is 3. The Morgan fingerprint density at radius 1 is 0.865 bits per heavy atom. The molecule has 2 aliphatic rings. The third-order valence-electron chi connectivity index (χ3n) is 6.78. The molecule has 2 heterocycles. The van der Waals surface area contributed by atoms with Crippen LogP contribution in [-0.2, 0) is 16.0 Å². The van der Waals surface area contributed by atoms with Crippen LogP contribution in [0.15, 0.2) is 48.5 Å². The van der Waals surface area contributed by atoms with Gasteiger partial charge in [-0.3, -0.25) is 14.4 Å². The van der Waals surface area contributed by atoms with Crippen molar-refractivity contribution in [1.82, 2.24) is 15.1 Å². The van der Waals surface area contributed by atoms with Crippen LogP contribution in [0.3, 0.4) is 0 Å². The number of anilines is 2. The van der Waals surface area contributed by atoms with Crippen molar-refractivity contribution < 1.29 is 14.4 Å². The van der Waals surface area contributed by atoms with Crippen LogP contribution in [0.2, 0.25) is 0 Å². The Hall–Kier alpha value is -3.39. The predicted molar refractivity (Wildman–Crippen MR) is 147 cm³/mol. The van der Waals surface area contributed by atoms with Crippen LogP contribution in [0.1, 0.15) is 43.1 Å². The minimum Gasteiger partial charge on any atom is -0.366 e. The summed E-state index contributed by atoms with van der Waals surface area (Å²) in [5.74, 6) is 0.0305. The normalized spacial score (nSPS) is 16.5. The van der Waals surface area contributed by atoms with E-state index in [1.54, 1.807) is 6.07 Å². The van der Waals surface area contributed by atoms with Crippen LogP contribution in [-0.4, -0.2) is 79.9 Å². The van der Waals surface area contributed by atoms with Gasteiger partial charge in [-0.15, -0.1) is 0 Å². The molecule has 0 bridgehead atoms. The summed E-state index contributed by atoms with van der Waals surface area (Å²) >= 11 is 0. The highest BCUT2D eigenvalue weighted by Gasteiger charge is 2.27. The van der Waals surface area contributed by atoms with Crippen molar-refractivity contribution in [2.75, 3.05) is 62.6 Å². The number of nitrogens with zero attached hydrogens (tertiary/aromatic N) is 3. The summed E-state index contributed by atoms with van der Waals surface area (Å²) in [5, 5.41) is 6.35. The van der Waals surface area contributed by atoms with E-state index < -0.39 is 0 Å². The number of piperazine rings is 2. The molecule has 0 radical (unpaired) electrons. The van der Waals surface area contributed by atoms with Gasteiger partial charge in [0.1, 0.15) is 0 Å². The van der Waals surface area contributed by atoms with E-state index in [4.69, 9.17) is 0 Å². The van der Waals surface area contributed by atoms with E-state index in [1.807, 2.05) is 52.3 Å². The van der Waals surface area contributed by atoms with Gasteiger partial charge in [0.25, 0.3) is 5.91 Å². The molecule has 0 atom stereocenters. The van der Waals surface area contributed by atoms with Gasteiger partial charge in [0.05, 0.1) is 17.8 Å². The fourth-order valence-electron chi connectivity index (χ4n) is 4.83. The standard InChI is InChI=1S/C29H39N5O3/c1-29(2,3)21-27(36)33-17-15-32(16-18-33)25-10-9-23(28(37)34-13-11-30-12-14-34)20-24(25)31-26(35)19-22-7-5-4-6-8-22/h4-10,20,30H,11-19,21H2,1-3H3,(H,31,35). The first kappa shape index (κ1) is 26.7. The van der Waals surface area contributed by atoms with E-state index in [0.29, 0.717) is 56.9 Å². The molecule has 198 valence electrons. The number of rotatable bonds is 6. The SMILES string of the molecule is CC(C)(C)CC(=O)N1CCN(c2ccc(C(=O)N3CCNCC3)cc2NC(=O)Cc2ccccc2)CC1. The minimum absolute atomic E-state index is 0.0239. The summed E-state index contributed by atoms with van der Waals surface area (Å²) in [4.78, 5) is 44.8. The molecule has 8 nitrogen and oxygen atoms in total. The van der Waals surface area contributed by atoms with Crippen LogP contribution in [0.4, 0.5) is 11.4 Å². The highest BCUT2D eigenvalue weighted by atomic mass is 16.2. The predicted octanol–water partition coefficient (Wildman–Crippen LogP) is 3.00. The number of hydrogen-bond donors (Lipinski definition) is 2. The zero-order chi connectivity index (χ0) is 26.4. The molecule has 3 amide bonds. The van der Waals surface area contributed by atoms with Crippen LogP contribution < -0.4 is 15.5 Å². The first-order chi connectivity index (χ1) is 17.7. The maximum Gasteiger partial charge on any atom is 0.254 e. The van der Waals surface area contributed by atoms with Crippen LogP contribution in [0.5, 0.6) is 0 Å². The summed E-state index contributed by atoms with van der Waals surface area (Å²) in [5.41, 5.74) is 2.97. The molecule has 4 rings (SSSR count). The Balaban J connectivity index is 1.51. The van der Waals surface area contributed by atoms with E-state index in [1.165, 1.54) is 0 Å². The van der Waals surface area contributed by atoms with Crippen LogP contribution in [0, 0.1) is 5.41 Å². The van der Waals surface area contributed by atoms with E-state index in [-0.39, 0.29) is 29.6 Å². The second-order valence-corrected chi connectivity index (χ2v) is 11.1. The highest BCUT2D eigenvalue weighted by Crippen LogP contribution is 2.30. The van der Waals surface area contributed by atoms with Gasteiger partial charge in [0.2, 0.25) is 11.8 Å². The summed E-state index contributed by atoms with van der Waals surface area (Å²) in [7, 11) is 0. The number of carbonyl (C=O) groups excluding carboxylic acids is 3. The average molecular weight is 506 g/mol. The summed E-state index contributed by atoms with van der Waals surface area (Å²) in [6.45, 7) is 11.7. The van der Waals surface area contributed by atoms with Gasteiger partial charge in [0, 0.05) is 64.3 Å². The van der Waals surface area contributed by atoms with Gasteiger partial charge < -0.3 is 25.3 Å². The Kier molecular flexibility index (Phi) is 8.48. The van der Waals surface area contributed by atoms with E-state index in [9.17, 15) is 14.4 Å². The zero-order valence-corrected chi connectivity index (χ0v) is 22.3. The van der Waals surface area contributed by atoms with Crippen molar-refractivity contribution in [2.45, 2.75) is 33.6 Å². The largest absolute Gasteiger partial charge is 0.366 e. The molecule has 8 heteroatoms. The molecule has 0 aliphatic carbocycles. The maximum absolute atomic E-state index is 13.2. The van der Waals surface area contributed by atoms with Gasteiger partial charge in [0.15, 0.2) is 0 Å². The number of hydrogen-bond acceptors (Lipinski definition) is 5. The molecule has 2 aliphatic heterocycles. The highest BCUT2D eigenvalue weighted by molar-refractivity contribution is 6.00. The molecule has 0 unspecified atom stereocenters. The van der Waals surface area contributed by atoms with Gasteiger partial charge in [-0.05, 0) is 29.2 Å². The lowest BCUT2D eigenvalue weighted by atomic mass is 9.91. The molecule has 2 aromatic rings. The summed E-state index contributed by atoms with van der Waals surface area (Å²) in [6.07, 6.45) is 0.780. The molecular weight excluding hydrogens is 466 g/mol. The molecule has 0 aromatic heterocycles. The molecule has 37 heavy (non-hydrogen) atoms. The van der Waals surface area contributed by atoms with Gasteiger partial charge in [-0.25, -0.2) is 0 Å². The quantitative estimate of drug-likeness (QED) is 0.631. The Labute approximate surface area is 220 Å². The van der Waals surface area contributed by atoms with Crippen molar-refractivity contribution >= 4 is 29.1 Å². The second kappa shape index (κ2) is 11.8. The van der Waals surface area contributed by atoms with Gasteiger partial charge in [-0.1, -0.05) is 51.1 Å². The van der Waals surface area contributed by atoms with Crippen molar-refractivity contribution in [2.24, 2.45) is 5.41 Å². The third kappa shape index (κ3) is 7.32. The van der Waals surface area contributed by atoms with Crippen molar-refractivity contribution in [3.63, 3.8) is 0 Å². The lowest BCUT2D eigenvalue weighted by Gasteiger charge is -2.38. The van der Waals surface area contributed by atoms with Gasteiger partial charge >= 0.3 is 0 Å². The molecule has 0 spiro atoms. The number of benzene rings is 2. The fourth-order valence-corrected chi connectivity index (χ4v) is 4.83. The van der Waals surface area contributed by atoms with Crippen molar-refractivity contribution in [1.29, 1.82) is 0 Å². The number of carbonyl (C=O) groups is 3. The van der Waals surface area contributed by atoms with Crippen LogP contribution >= 0.6 is 0 Å². The molecule has 2 aromatic carbocycles. The third-order valence-corrected chi connectivity index (χ3v) is 6.78. The molecule has 2 N–H and O–H groups in total. The van der Waals surface area contributed by atoms with E-state index >= 15 is 0 Å². The first-order valence-corrected chi connectivity index (χ1v) is 13.2. The lowest BCUT2D eigenvalue weighted by molar-refractivity contribution is -0.133. The molecular formula is C29H39N5O3. The van der Waals surface area contributed by atoms with Crippen molar-refractivity contribution in [3.8, 4) is 0 Å². The first-order valence-electron chi connectivity index (χ1n) is 13.2. The number of nitrogens with one attached hydrogen (secondary N) is 2. The smallest absolute Gasteiger partial charge is 0.254 e. The summed E-state index contributed by atoms with van der Waals surface area (Å²) in [6, 6.07) is 15.2. The Morgan fingerprint density at radius 3 is 2.19 bits per heavy atom.